The van der Waals surface area contributed by atoms with Crippen LogP contribution in [0, 0.1) is 0 Å². The summed E-state index contributed by atoms with van der Waals surface area (Å²) in [5, 5.41) is 2.83. The van der Waals surface area contributed by atoms with Gasteiger partial charge in [0.1, 0.15) is 5.60 Å². The van der Waals surface area contributed by atoms with Gasteiger partial charge in [-0.15, -0.1) is 0 Å². The predicted molar refractivity (Wildman–Crippen MR) is 89.1 cm³/mol. The number of ether oxygens (including phenoxy) is 1. The summed E-state index contributed by atoms with van der Waals surface area (Å²) in [4.78, 5) is 14.3. The molecule has 1 aromatic carbocycles. The topological polar surface area (TPSA) is 67.6 Å². The van der Waals surface area contributed by atoms with Gasteiger partial charge in [0, 0.05) is 25.3 Å². The Bertz CT molecular complexity index is 488. The number of benzene rings is 1. The van der Waals surface area contributed by atoms with Crippen molar-refractivity contribution in [2.24, 2.45) is 5.73 Å². The van der Waals surface area contributed by atoms with Gasteiger partial charge in [-0.3, -0.25) is 0 Å². The van der Waals surface area contributed by atoms with Crippen molar-refractivity contribution in [2.75, 3.05) is 24.5 Å². The molecule has 122 valence electrons. The molecule has 1 saturated heterocycles. The molecule has 22 heavy (non-hydrogen) atoms. The fraction of sp³-hybridized carbons (Fsp3) is 0.588. The van der Waals surface area contributed by atoms with Crippen molar-refractivity contribution in [3.8, 4) is 0 Å². The van der Waals surface area contributed by atoms with E-state index in [1.54, 1.807) is 0 Å². The summed E-state index contributed by atoms with van der Waals surface area (Å²) < 4.78 is 5.28. The highest BCUT2D eigenvalue weighted by Crippen LogP contribution is 2.22. The summed E-state index contributed by atoms with van der Waals surface area (Å²) in [6.45, 7) is 8.10. The Morgan fingerprint density at radius 1 is 1.27 bits per heavy atom. The van der Waals surface area contributed by atoms with Crippen molar-refractivity contribution in [1.29, 1.82) is 0 Å². The van der Waals surface area contributed by atoms with Crippen LogP contribution in [0.1, 0.15) is 45.2 Å². The van der Waals surface area contributed by atoms with E-state index in [1.807, 2.05) is 32.9 Å². The van der Waals surface area contributed by atoms with Crippen LogP contribution in [0.5, 0.6) is 0 Å². The Morgan fingerprint density at radius 2 is 1.86 bits per heavy atom. The zero-order valence-electron chi connectivity index (χ0n) is 13.8. The maximum atomic E-state index is 11.9. The van der Waals surface area contributed by atoms with Crippen LogP contribution in [0.2, 0.25) is 0 Å². The van der Waals surface area contributed by atoms with E-state index >= 15 is 0 Å². The lowest BCUT2D eigenvalue weighted by Crippen LogP contribution is -2.37. The highest BCUT2D eigenvalue weighted by Gasteiger charge is 2.20. The average molecular weight is 305 g/mol. The number of hydrogen-bond donors (Lipinski definition) is 2. The third kappa shape index (κ3) is 4.63. The fourth-order valence-electron chi connectivity index (χ4n) is 2.62. The van der Waals surface area contributed by atoms with Gasteiger partial charge in [0.2, 0.25) is 0 Å². The molecule has 5 nitrogen and oxygen atoms in total. The molecule has 5 heteroatoms. The van der Waals surface area contributed by atoms with Crippen LogP contribution in [0.4, 0.5) is 10.5 Å². The van der Waals surface area contributed by atoms with Gasteiger partial charge < -0.3 is 20.7 Å². The third-order valence-electron chi connectivity index (χ3n) is 3.69. The molecule has 0 saturated carbocycles. The molecule has 1 heterocycles. The summed E-state index contributed by atoms with van der Waals surface area (Å²) in [5.74, 6) is 0. The van der Waals surface area contributed by atoms with Crippen molar-refractivity contribution in [2.45, 2.75) is 45.3 Å². The van der Waals surface area contributed by atoms with Crippen molar-refractivity contribution >= 4 is 11.8 Å². The van der Waals surface area contributed by atoms with Gasteiger partial charge in [0.05, 0.1) is 6.04 Å². The summed E-state index contributed by atoms with van der Waals surface area (Å²) in [5.41, 5.74) is 7.51. The van der Waals surface area contributed by atoms with Crippen LogP contribution in [0.3, 0.4) is 0 Å². The fourth-order valence-corrected chi connectivity index (χ4v) is 2.62. The normalized spacial score (nSPS) is 16.5. The second kappa shape index (κ2) is 7.01. The van der Waals surface area contributed by atoms with Gasteiger partial charge in [-0.2, -0.15) is 0 Å². The molecule has 1 amide bonds. The van der Waals surface area contributed by atoms with Crippen molar-refractivity contribution in [1.82, 2.24) is 5.32 Å². The van der Waals surface area contributed by atoms with Crippen molar-refractivity contribution in [3.63, 3.8) is 0 Å². The second-order valence-corrected chi connectivity index (χ2v) is 6.72. The lowest BCUT2D eigenvalue weighted by Gasteiger charge is -2.24. The molecule has 1 aromatic rings. The lowest BCUT2D eigenvalue weighted by molar-refractivity contribution is 0.0505. The van der Waals surface area contributed by atoms with Crippen LogP contribution in [0.25, 0.3) is 0 Å². The van der Waals surface area contributed by atoms with E-state index < -0.39 is 11.7 Å². The molecule has 0 spiro atoms. The Hall–Kier alpha value is -1.75. The average Bonchev–Trinajstić information content (AvgIpc) is 2.97. The minimum Gasteiger partial charge on any atom is -0.444 e. The van der Waals surface area contributed by atoms with Crippen molar-refractivity contribution in [3.05, 3.63) is 29.8 Å². The van der Waals surface area contributed by atoms with Gasteiger partial charge in [-0.1, -0.05) is 12.1 Å². The molecular formula is C17H27N3O2. The van der Waals surface area contributed by atoms with E-state index in [-0.39, 0.29) is 6.04 Å². The molecule has 1 atom stereocenters. The van der Waals surface area contributed by atoms with Crippen LogP contribution in [-0.4, -0.2) is 31.3 Å². The standard InChI is InChI=1S/C17H27N3O2/c1-17(2,3)22-16(21)19-15(12-18)13-6-8-14(9-7-13)20-10-4-5-11-20/h6-9,15H,4-5,10-12,18H2,1-3H3,(H,19,21). The smallest absolute Gasteiger partial charge is 0.408 e. The first kappa shape index (κ1) is 16.6. The molecule has 2 rings (SSSR count). The van der Waals surface area contributed by atoms with E-state index in [4.69, 9.17) is 10.5 Å². The number of rotatable bonds is 4. The highest BCUT2D eigenvalue weighted by molar-refractivity contribution is 5.68. The van der Waals surface area contributed by atoms with Gasteiger partial charge in [0.15, 0.2) is 0 Å². The molecule has 0 bridgehead atoms. The summed E-state index contributed by atoms with van der Waals surface area (Å²) in [6.07, 6.45) is 2.08. The number of carbonyl (C=O) groups is 1. The number of anilines is 1. The Kier molecular flexibility index (Phi) is 5.29. The van der Waals surface area contributed by atoms with E-state index in [0.29, 0.717) is 6.54 Å². The largest absolute Gasteiger partial charge is 0.444 e. The van der Waals surface area contributed by atoms with Crippen LogP contribution >= 0.6 is 0 Å². The molecule has 1 aliphatic heterocycles. The minimum atomic E-state index is -0.511. The summed E-state index contributed by atoms with van der Waals surface area (Å²) >= 11 is 0. The number of nitrogens with zero attached hydrogens (tertiary/aromatic N) is 1. The number of nitrogens with one attached hydrogen (secondary N) is 1. The van der Waals surface area contributed by atoms with Gasteiger partial charge in [-0.25, -0.2) is 4.79 Å². The van der Waals surface area contributed by atoms with E-state index in [1.165, 1.54) is 18.5 Å². The molecule has 1 aliphatic rings. The Balaban J connectivity index is 1.99. The maximum absolute atomic E-state index is 11.9. The van der Waals surface area contributed by atoms with Gasteiger partial charge in [0.25, 0.3) is 0 Å². The molecular weight excluding hydrogens is 278 g/mol. The molecule has 1 unspecified atom stereocenters. The summed E-state index contributed by atoms with van der Waals surface area (Å²) in [7, 11) is 0. The zero-order valence-corrected chi connectivity index (χ0v) is 13.8. The first-order valence-electron chi connectivity index (χ1n) is 7.93. The zero-order chi connectivity index (χ0) is 16.2. The molecule has 0 aromatic heterocycles. The van der Waals surface area contributed by atoms with Gasteiger partial charge >= 0.3 is 6.09 Å². The predicted octanol–water partition coefficient (Wildman–Crippen LogP) is 2.81. The molecule has 1 fully saturated rings. The number of nitrogens with two attached hydrogens (primary N) is 1. The van der Waals surface area contributed by atoms with Crippen molar-refractivity contribution < 1.29 is 9.53 Å². The highest BCUT2D eigenvalue weighted by atomic mass is 16.6. The minimum absolute atomic E-state index is 0.234. The Morgan fingerprint density at radius 3 is 2.36 bits per heavy atom. The van der Waals surface area contributed by atoms with E-state index in [9.17, 15) is 4.79 Å². The first-order valence-corrected chi connectivity index (χ1v) is 7.93. The quantitative estimate of drug-likeness (QED) is 0.897. The van der Waals surface area contributed by atoms with E-state index in [2.05, 4.69) is 22.3 Å². The molecule has 0 radical (unpaired) electrons. The second-order valence-electron chi connectivity index (χ2n) is 6.72. The third-order valence-corrected chi connectivity index (χ3v) is 3.69. The number of alkyl carbamates (subject to hydrolysis) is 1. The first-order chi connectivity index (χ1) is 10.4. The molecule has 3 N–H and O–H groups in total. The Labute approximate surface area is 132 Å². The monoisotopic (exact) mass is 305 g/mol. The summed E-state index contributed by atoms with van der Waals surface area (Å²) in [6, 6.07) is 8.02. The van der Waals surface area contributed by atoms with Crippen LogP contribution in [0.15, 0.2) is 24.3 Å². The van der Waals surface area contributed by atoms with Gasteiger partial charge in [-0.05, 0) is 51.3 Å². The molecule has 0 aliphatic carbocycles. The van der Waals surface area contributed by atoms with E-state index in [0.717, 1.165) is 18.7 Å². The van der Waals surface area contributed by atoms with Crippen LogP contribution < -0.4 is 16.0 Å². The SMILES string of the molecule is CC(C)(C)OC(=O)NC(CN)c1ccc(N2CCCC2)cc1. The number of amides is 1. The van der Waals surface area contributed by atoms with Crippen LogP contribution in [-0.2, 0) is 4.74 Å². The number of hydrogen-bond acceptors (Lipinski definition) is 4. The number of carbonyl (C=O) groups excluding carboxylic acids is 1. The lowest BCUT2D eigenvalue weighted by atomic mass is 10.1. The maximum Gasteiger partial charge on any atom is 0.408 e.